The topological polar surface area (TPSA) is 29.3 Å². The zero-order valence-electron chi connectivity index (χ0n) is 13.5. The number of likely N-dealkylation sites (N-methyl/N-ethyl adjacent to an activating group) is 1. The lowest BCUT2D eigenvalue weighted by atomic mass is 9.99. The molecule has 0 aliphatic heterocycles. The third kappa shape index (κ3) is 5.64. The second-order valence-electron chi connectivity index (χ2n) is 5.68. The quantitative estimate of drug-likeness (QED) is 0.706. The summed E-state index contributed by atoms with van der Waals surface area (Å²) in [5.74, 6) is 0.806. The van der Waals surface area contributed by atoms with Gasteiger partial charge in [0.05, 0.1) is 0 Å². The van der Waals surface area contributed by atoms with Crippen LogP contribution in [0.4, 0.5) is 0 Å². The summed E-state index contributed by atoms with van der Waals surface area (Å²) in [5, 5.41) is 0. The lowest BCUT2D eigenvalue weighted by Crippen LogP contribution is -2.43. The van der Waals surface area contributed by atoms with Gasteiger partial charge >= 0.3 is 0 Å². The van der Waals surface area contributed by atoms with Crippen molar-refractivity contribution in [2.24, 2.45) is 11.7 Å². The van der Waals surface area contributed by atoms with Gasteiger partial charge in [0.25, 0.3) is 0 Å². The summed E-state index contributed by atoms with van der Waals surface area (Å²) in [6.45, 7) is 9.91. The minimum Gasteiger partial charge on any atom is -0.329 e. The molecule has 1 rings (SSSR count). The van der Waals surface area contributed by atoms with E-state index in [1.165, 1.54) is 24.9 Å². The molecular formula is C18H32N2. The van der Waals surface area contributed by atoms with Crippen LogP contribution in [-0.2, 0) is 6.42 Å². The Bertz CT molecular complexity index is 333. The van der Waals surface area contributed by atoms with Gasteiger partial charge < -0.3 is 5.73 Å². The maximum Gasteiger partial charge on any atom is 0.0221 e. The predicted molar refractivity (Wildman–Crippen MR) is 88.9 cm³/mol. The van der Waals surface area contributed by atoms with E-state index in [9.17, 15) is 0 Å². The fraction of sp³-hybridized carbons (Fsp3) is 0.667. The largest absolute Gasteiger partial charge is 0.329 e. The lowest BCUT2D eigenvalue weighted by molar-refractivity contribution is 0.166. The van der Waals surface area contributed by atoms with E-state index in [0.29, 0.717) is 6.04 Å². The number of nitrogens with zero attached hydrogens (tertiary/aromatic N) is 1. The molecule has 0 spiro atoms. The van der Waals surface area contributed by atoms with Crippen LogP contribution in [0.15, 0.2) is 30.3 Å². The molecule has 1 atom stereocenters. The van der Waals surface area contributed by atoms with Gasteiger partial charge in [0, 0.05) is 19.1 Å². The Balaban J connectivity index is 2.53. The van der Waals surface area contributed by atoms with Crippen molar-refractivity contribution in [1.82, 2.24) is 4.90 Å². The van der Waals surface area contributed by atoms with Gasteiger partial charge in [-0.1, -0.05) is 63.9 Å². The molecule has 0 heterocycles. The van der Waals surface area contributed by atoms with E-state index in [0.717, 1.165) is 31.8 Å². The summed E-state index contributed by atoms with van der Waals surface area (Å²) in [6.07, 6.45) is 4.82. The zero-order valence-corrected chi connectivity index (χ0v) is 13.5. The van der Waals surface area contributed by atoms with Crippen molar-refractivity contribution >= 4 is 0 Å². The second-order valence-corrected chi connectivity index (χ2v) is 5.68. The minimum atomic E-state index is 0.515. The molecule has 114 valence electrons. The van der Waals surface area contributed by atoms with Gasteiger partial charge in [0.15, 0.2) is 0 Å². The maximum atomic E-state index is 6.03. The summed E-state index contributed by atoms with van der Waals surface area (Å²) in [5.41, 5.74) is 7.45. The van der Waals surface area contributed by atoms with Crippen molar-refractivity contribution in [1.29, 1.82) is 0 Å². The summed E-state index contributed by atoms with van der Waals surface area (Å²) >= 11 is 0. The lowest BCUT2D eigenvalue weighted by Gasteiger charge is -2.32. The number of rotatable bonds is 10. The summed E-state index contributed by atoms with van der Waals surface area (Å²) in [7, 11) is 0. The number of benzene rings is 1. The molecular weight excluding hydrogens is 244 g/mol. The Hall–Kier alpha value is -0.860. The normalized spacial score (nSPS) is 13.1. The molecule has 20 heavy (non-hydrogen) atoms. The van der Waals surface area contributed by atoms with E-state index in [2.05, 4.69) is 56.0 Å². The van der Waals surface area contributed by atoms with Gasteiger partial charge in [-0.25, -0.2) is 0 Å². The molecule has 0 amide bonds. The first kappa shape index (κ1) is 17.2. The van der Waals surface area contributed by atoms with Crippen LogP contribution < -0.4 is 5.73 Å². The van der Waals surface area contributed by atoms with Crippen LogP contribution in [0.3, 0.4) is 0 Å². The van der Waals surface area contributed by atoms with E-state index >= 15 is 0 Å². The van der Waals surface area contributed by atoms with Crippen molar-refractivity contribution in [2.45, 2.75) is 52.5 Å². The highest BCUT2D eigenvalue weighted by molar-refractivity contribution is 5.14. The smallest absolute Gasteiger partial charge is 0.0221 e. The van der Waals surface area contributed by atoms with Crippen LogP contribution in [0.5, 0.6) is 0 Å². The third-order valence-electron chi connectivity index (χ3n) is 4.45. The van der Waals surface area contributed by atoms with Crippen molar-refractivity contribution in [3.63, 3.8) is 0 Å². The van der Waals surface area contributed by atoms with Crippen LogP contribution in [0, 0.1) is 5.92 Å². The Morgan fingerprint density at radius 3 is 2.20 bits per heavy atom. The maximum absolute atomic E-state index is 6.03. The molecule has 0 bridgehead atoms. The molecule has 1 aromatic rings. The van der Waals surface area contributed by atoms with Crippen molar-refractivity contribution < 1.29 is 0 Å². The van der Waals surface area contributed by atoms with E-state index in [4.69, 9.17) is 5.73 Å². The Morgan fingerprint density at radius 1 is 1.05 bits per heavy atom. The van der Waals surface area contributed by atoms with Crippen LogP contribution in [0.25, 0.3) is 0 Å². The monoisotopic (exact) mass is 276 g/mol. The summed E-state index contributed by atoms with van der Waals surface area (Å²) in [4.78, 5) is 2.58. The molecule has 1 unspecified atom stereocenters. The number of nitrogens with two attached hydrogens (primary N) is 1. The van der Waals surface area contributed by atoms with Crippen molar-refractivity contribution in [3.05, 3.63) is 35.9 Å². The van der Waals surface area contributed by atoms with Crippen LogP contribution in [-0.4, -0.2) is 30.6 Å². The van der Waals surface area contributed by atoms with Crippen LogP contribution >= 0.6 is 0 Å². The van der Waals surface area contributed by atoms with Gasteiger partial charge in [-0.3, -0.25) is 4.90 Å². The Morgan fingerprint density at radius 2 is 1.70 bits per heavy atom. The fourth-order valence-corrected chi connectivity index (χ4v) is 2.84. The van der Waals surface area contributed by atoms with Crippen molar-refractivity contribution in [3.8, 4) is 0 Å². The van der Waals surface area contributed by atoms with Crippen LogP contribution in [0.2, 0.25) is 0 Å². The van der Waals surface area contributed by atoms with Gasteiger partial charge in [-0.2, -0.15) is 0 Å². The average molecular weight is 276 g/mol. The van der Waals surface area contributed by atoms with E-state index in [-0.39, 0.29) is 0 Å². The molecule has 2 N–H and O–H groups in total. The average Bonchev–Trinajstić information content (AvgIpc) is 2.51. The molecule has 1 aromatic carbocycles. The third-order valence-corrected chi connectivity index (χ3v) is 4.45. The van der Waals surface area contributed by atoms with Crippen LogP contribution in [0.1, 0.15) is 45.6 Å². The highest BCUT2D eigenvalue weighted by Crippen LogP contribution is 2.15. The van der Waals surface area contributed by atoms with Gasteiger partial charge in [-0.15, -0.1) is 0 Å². The molecule has 0 radical (unpaired) electrons. The van der Waals surface area contributed by atoms with E-state index in [1.54, 1.807) is 0 Å². The number of aryl methyl sites for hydroxylation is 1. The summed E-state index contributed by atoms with van der Waals surface area (Å²) in [6, 6.07) is 11.3. The van der Waals surface area contributed by atoms with Gasteiger partial charge in [0.2, 0.25) is 0 Å². The minimum absolute atomic E-state index is 0.515. The first-order valence-corrected chi connectivity index (χ1v) is 8.23. The summed E-state index contributed by atoms with van der Waals surface area (Å²) < 4.78 is 0. The first-order chi connectivity index (χ1) is 9.74. The molecule has 0 saturated carbocycles. The molecule has 0 aliphatic rings. The van der Waals surface area contributed by atoms with Gasteiger partial charge in [-0.05, 0) is 30.9 Å². The highest BCUT2D eigenvalue weighted by atomic mass is 15.2. The Kier molecular flexibility index (Phi) is 8.56. The zero-order chi connectivity index (χ0) is 14.8. The molecule has 2 heteroatoms. The SMILES string of the molecule is CCC(CC)CN(CC)C(CN)CCc1ccccc1. The standard InChI is InChI=1S/C18H32N2/c1-4-16(5-2)15-20(6-3)18(14-19)13-12-17-10-8-7-9-11-17/h7-11,16,18H,4-6,12-15,19H2,1-3H3. The van der Waals surface area contributed by atoms with Gasteiger partial charge in [0.1, 0.15) is 0 Å². The molecule has 0 saturated heterocycles. The number of hydrogen-bond acceptors (Lipinski definition) is 2. The Labute approximate surface area is 125 Å². The second kappa shape index (κ2) is 9.95. The molecule has 0 fully saturated rings. The van der Waals surface area contributed by atoms with Crippen molar-refractivity contribution in [2.75, 3.05) is 19.6 Å². The number of hydrogen-bond donors (Lipinski definition) is 1. The van der Waals surface area contributed by atoms with E-state index in [1.807, 2.05) is 0 Å². The predicted octanol–water partition coefficient (Wildman–Crippen LogP) is 3.70. The molecule has 0 aromatic heterocycles. The molecule has 2 nitrogen and oxygen atoms in total. The highest BCUT2D eigenvalue weighted by Gasteiger charge is 2.18. The molecule has 0 aliphatic carbocycles. The fourth-order valence-electron chi connectivity index (χ4n) is 2.84. The first-order valence-electron chi connectivity index (χ1n) is 8.23. The van der Waals surface area contributed by atoms with E-state index < -0.39 is 0 Å².